The van der Waals surface area contributed by atoms with Crippen LogP contribution in [0.3, 0.4) is 0 Å². The van der Waals surface area contributed by atoms with Crippen LogP contribution in [0.4, 0.5) is 46.3 Å². The first-order valence-electron chi connectivity index (χ1n) is 29.9. The summed E-state index contributed by atoms with van der Waals surface area (Å²) in [6.07, 6.45) is 15.3. The van der Waals surface area contributed by atoms with Crippen LogP contribution < -0.4 is 36.1 Å². The molecule has 22 nitrogen and oxygen atoms in total. The molecule has 10 rings (SSSR count). The number of anilines is 8. The number of halogens is 3. The number of hydrogen-bond donors (Lipinski definition) is 5. The van der Waals surface area contributed by atoms with E-state index < -0.39 is 30.2 Å². The monoisotopic (exact) mass is 1300 g/mol. The minimum Gasteiger partial charge on any atom is -0.488 e. The largest absolute Gasteiger partial charge is 0.488 e. The molecule has 6 aromatic rings. The van der Waals surface area contributed by atoms with Gasteiger partial charge in [0.25, 0.3) is 0 Å². The van der Waals surface area contributed by atoms with Crippen molar-refractivity contribution in [1.82, 2.24) is 59.5 Å². The number of nitrogens with zero attached hydrogens (tertiary/aromatic N) is 11. The number of nitrogens with one attached hydrogen (secondary N) is 5. The van der Waals surface area contributed by atoms with Gasteiger partial charge in [-0.25, -0.2) is 26.8 Å². The van der Waals surface area contributed by atoms with Gasteiger partial charge in [-0.05, 0) is 206 Å². The minimum atomic E-state index is -3.64. The van der Waals surface area contributed by atoms with E-state index in [9.17, 15) is 16.8 Å². The molecule has 27 heteroatoms. The van der Waals surface area contributed by atoms with Gasteiger partial charge in [0.15, 0.2) is 11.6 Å². The van der Waals surface area contributed by atoms with Gasteiger partial charge >= 0.3 is 0 Å². The van der Waals surface area contributed by atoms with Crippen LogP contribution in [0.25, 0.3) is 0 Å². The molecule has 4 aliphatic rings. The maximum atomic E-state index is 12.9. The zero-order valence-electron chi connectivity index (χ0n) is 52.2. The number of aryl methyl sites for hydroxylation is 4. The summed E-state index contributed by atoms with van der Waals surface area (Å²) in [6.45, 7) is 18.1. The summed E-state index contributed by atoms with van der Waals surface area (Å²) < 4.78 is 67.1. The van der Waals surface area contributed by atoms with E-state index in [1.165, 1.54) is 44.0 Å². The summed E-state index contributed by atoms with van der Waals surface area (Å²) >= 11 is 18.2. The minimum absolute atomic E-state index is 0.0518. The van der Waals surface area contributed by atoms with Crippen molar-refractivity contribution in [2.75, 3.05) is 101 Å². The predicted molar refractivity (Wildman–Crippen MR) is 349 cm³/mol. The first-order chi connectivity index (χ1) is 41.3. The van der Waals surface area contributed by atoms with Crippen LogP contribution in [0.2, 0.25) is 10.0 Å². The van der Waals surface area contributed by atoms with E-state index in [0.29, 0.717) is 35.1 Å². The molecule has 0 unspecified atom stereocenters. The number of piperidine rings is 2. The van der Waals surface area contributed by atoms with Crippen molar-refractivity contribution in [1.29, 1.82) is 0 Å². The molecule has 5 N–H and O–H groups in total. The Morgan fingerprint density at radius 3 is 1.39 bits per heavy atom. The maximum Gasteiger partial charge on any atom is 0.229 e. The van der Waals surface area contributed by atoms with Crippen molar-refractivity contribution in [3.8, 4) is 11.5 Å². The first-order valence-corrected chi connectivity index (χ1v) is 34.3. The molecule has 4 fully saturated rings. The van der Waals surface area contributed by atoms with Crippen molar-refractivity contribution >= 4 is 101 Å². The molecule has 0 bridgehead atoms. The Hall–Kier alpha value is -5.57. The highest BCUT2D eigenvalue weighted by Crippen LogP contribution is 2.42. The molecule has 2 saturated carbocycles. The fourth-order valence-corrected chi connectivity index (χ4v) is 12.8. The van der Waals surface area contributed by atoms with E-state index in [2.05, 4.69) is 119 Å². The van der Waals surface area contributed by atoms with Gasteiger partial charge in [-0.15, -0.1) is 11.6 Å². The lowest BCUT2D eigenvalue weighted by molar-refractivity contribution is 0.193. The summed E-state index contributed by atoms with van der Waals surface area (Å²) in [6, 6.07) is 8.57. The van der Waals surface area contributed by atoms with Gasteiger partial charge in [-0.2, -0.15) is 20.2 Å². The quantitative estimate of drug-likeness (QED) is 0.0374. The van der Waals surface area contributed by atoms with Gasteiger partial charge in [0.05, 0.1) is 57.9 Å². The number of aromatic nitrogens is 8. The Morgan fingerprint density at radius 1 is 0.609 bits per heavy atom. The second-order valence-electron chi connectivity index (χ2n) is 24.0. The summed E-state index contributed by atoms with van der Waals surface area (Å²) in [4.78, 5) is 24.8. The van der Waals surface area contributed by atoms with Crippen LogP contribution >= 0.6 is 34.8 Å². The summed E-state index contributed by atoms with van der Waals surface area (Å²) in [5.74, 6) is 4.47. The smallest absolute Gasteiger partial charge is 0.229 e. The molecule has 2 aliphatic heterocycles. The number of likely N-dealkylation sites (tertiary alicyclic amines) is 1. The first kappa shape index (κ1) is 67.4. The van der Waals surface area contributed by atoms with Crippen molar-refractivity contribution in [2.45, 2.75) is 138 Å². The van der Waals surface area contributed by atoms with E-state index in [1.807, 2.05) is 19.0 Å². The van der Waals surface area contributed by atoms with E-state index in [0.717, 1.165) is 126 Å². The SMILES string of the molecule is CN(C)CCCl.Cc1cc(Nc2ncc(Cl)c(Nc3cn(C)nc3S(=O)(=O)C(C)C)n2)c(OC2CC2)cc1C1CCN(CCN(C)C)CC1.Cc1cc(Nc2ncc(Cl)c(Nc3cn(C)nc3S(=O)(=O)C(C)C)n2)c(OC2CC2)cc1C1CCNCC1. The third kappa shape index (κ3) is 18.3. The van der Waals surface area contributed by atoms with Gasteiger partial charge in [0.2, 0.25) is 41.6 Å². The Labute approximate surface area is 529 Å². The highest BCUT2D eigenvalue weighted by molar-refractivity contribution is 7.92. The van der Waals surface area contributed by atoms with Crippen LogP contribution in [0.1, 0.15) is 113 Å². The van der Waals surface area contributed by atoms with Crippen molar-refractivity contribution in [3.63, 3.8) is 0 Å². The fourth-order valence-electron chi connectivity index (χ4n) is 10.0. The zero-order valence-corrected chi connectivity index (χ0v) is 56.1. The maximum absolute atomic E-state index is 12.9. The number of sulfone groups is 2. The molecule has 476 valence electrons. The van der Waals surface area contributed by atoms with Gasteiger partial charge in [-0.3, -0.25) is 9.36 Å². The highest BCUT2D eigenvalue weighted by atomic mass is 35.5. The third-order valence-electron chi connectivity index (χ3n) is 15.4. The second kappa shape index (κ2) is 29.8. The number of likely N-dealkylation sites (N-methyl/N-ethyl adjacent to an activating group) is 1. The Kier molecular flexibility index (Phi) is 23.1. The Bertz CT molecular complexity index is 3530. The molecular formula is C60H87Cl3N16O6S2. The van der Waals surface area contributed by atoms with Gasteiger partial charge < -0.3 is 50.8 Å². The molecule has 2 aliphatic carbocycles. The van der Waals surface area contributed by atoms with Gasteiger partial charge in [0, 0.05) is 52.0 Å². The molecule has 87 heavy (non-hydrogen) atoms. The van der Waals surface area contributed by atoms with Crippen LogP contribution in [0, 0.1) is 13.8 Å². The number of hydrogen-bond acceptors (Lipinski definition) is 20. The molecular weight excluding hydrogens is 1210 g/mol. The van der Waals surface area contributed by atoms with Gasteiger partial charge in [0.1, 0.15) is 21.5 Å². The average Bonchev–Trinajstić information content (AvgIpc) is 2.16. The molecule has 0 radical (unpaired) electrons. The highest BCUT2D eigenvalue weighted by Gasteiger charge is 2.32. The molecule has 0 atom stereocenters. The Balaban J connectivity index is 0.000000208. The van der Waals surface area contributed by atoms with E-state index >= 15 is 0 Å². The molecule has 2 saturated heterocycles. The van der Waals surface area contributed by atoms with Gasteiger partial charge in [-0.1, -0.05) is 23.2 Å². The van der Waals surface area contributed by atoms with Crippen molar-refractivity contribution in [2.24, 2.45) is 14.1 Å². The molecule has 0 spiro atoms. The number of rotatable bonds is 23. The predicted octanol–water partition coefficient (Wildman–Crippen LogP) is 10.8. The van der Waals surface area contributed by atoms with E-state index in [-0.39, 0.29) is 43.9 Å². The van der Waals surface area contributed by atoms with E-state index in [1.54, 1.807) is 54.2 Å². The third-order valence-corrected chi connectivity index (χ3v) is 20.3. The van der Waals surface area contributed by atoms with Crippen LogP contribution in [0.15, 0.2) is 59.1 Å². The summed E-state index contributed by atoms with van der Waals surface area (Å²) in [7, 11) is 4.32. The van der Waals surface area contributed by atoms with Crippen LogP contribution in [-0.2, 0) is 33.8 Å². The van der Waals surface area contributed by atoms with Crippen molar-refractivity contribution in [3.05, 3.63) is 81.4 Å². The number of alkyl halides is 1. The summed E-state index contributed by atoms with van der Waals surface area (Å²) in [5.41, 5.74) is 7.21. The average molecular weight is 1300 g/mol. The molecule has 4 aromatic heterocycles. The standard InChI is InChI=1S/C30H43ClN8O3S.C26H34ClN7O3S.C4H10ClN/c1-19(2)43(40,41)29-26(18-38(6)36-29)33-28-24(31)17-32-30(35-28)34-25-15-20(3)23(16-27(25)42-22-7-8-22)21-9-11-39(12-10-21)14-13-37(4)5;1-15(2)38(35,36)25-22(14-34(4)33-25)30-24-20(27)13-29-26(32-24)31-21-11-16(3)19(17-7-9-28-10-8-17)12-23(21)37-18-5-6-18;1-6(2)4-3-5/h15-19,21-22H,7-14H2,1-6H3,(H2,32,33,34,35);11-15,17-18,28H,5-10H2,1-4H3,(H2,29,30,31,32);3-4H2,1-2H3. The molecule has 0 amide bonds. The number of ether oxygens (including phenoxy) is 2. The zero-order chi connectivity index (χ0) is 62.9. The lowest BCUT2D eigenvalue weighted by atomic mass is 9.86. The van der Waals surface area contributed by atoms with Crippen LogP contribution in [0.5, 0.6) is 11.5 Å². The fraction of sp³-hybridized carbons (Fsp3) is 0.567. The summed E-state index contributed by atoms with van der Waals surface area (Å²) in [5, 5.41) is 23.7. The second-order valence-corrected chi connectivity index (χ2v) is 30.0. The Morgan fingerprint density at radius 2 is 1.02 bits per heavy atom. The van der Waals surface area contributed by atoms with Crippen LogP contribution in [-0.4, -0.2) is 174 Å². The van der Waals surface area contributed by atoms with Crippen molar-refractivity contribution < 1.29 is 26.3 Å². The normalized spacial score (nSPS) is 16.2. The molecule has 6 heterocycles. The number of benzene rings is 2. The lowest BCUT2D eigenvalue weighted by Gasteiger charge is -2.33. The molecule has 2 aromatic carbocycles. The lowest BCUT2D eigenvalue weighted by Crippen LogP contribution is -2.37. The van der Waals surface area contributed by atoms with E-state index in [4.69, 9.17) is 44.3 Å². The topological polar surface area (TPSA) is 244 Å².